The topological polar surface area (TPSA) is 92.2 Å². The standard InChI is InChI=1S/C17H18N4O3/c1-12-8-15(20-24-12)11-23-17(22)14-4-6-21(7-5-14)16-3-2-13(9-18)10-19-16/h2-3,8,10,14H,4-7,11H2,1H3. The molecule has 0 spiro atoms. The summed E-state index contributed by atoms with van der Waals surface area (Å²) in [6.45, 7) is 3.42. The summed E-state index contributed by atoms with van der Waals surface area (Å²) in [6, 6.07) is 7.40. The summed E-state index contributed by atoms with van der Waals surface area (Å²) in [5.74, 6) is 1.24. The monoisotopic (exact) mass is 326 g/mol. The smallest absolute Gasteiger partial charge is 0.309 e. The van der Waals surface area contributed by atoms with Crippen LogP contribution in [0.4, 0.5) is 5.82 Å². The van der Waals surface area contributed by atoms with Gasteiger partial charge in [-0.15, -0.1) is 0 Å². The van der Waals surface area contributed by atoms with Gasteiger partial charge < -0.3 is 14.2 Å². The van der Waals surface area contributed by atoms with Crippen molar-refractivity contribution in [3.05, 3.63) is 41.4 Å². The van der Waals surface area contributed by atoms with Gasteiger partial charge in [-0.2, -0.15) is 5.26 Å². The van der Waals surface area contributed by atoms with Gasteiger partial charge in [0.15, 0.2) is 0 Å². The van der Waals surface area contributed by atoms with Crippen LogP contribution in [0.3, 0.4) is 0 Å². The Balaban J connectivity index is 1.48. The highest BCUT2D eigenvalue weighted by molar-refractivity contribution is 5.72. The maximum absolute atomic E-state index is 12.2. The van der Waals surface area contributed by atoms with E-state index < -0.39 is 0 Å². The van der Waals surface area contributed by atoms with Crippen LogP contribution in [0.5, 0.6) is 0 Å². The highest BCUT2D eigenvalue weighted by atomic mass is 16.5. The van der Waals surface area contributed by atoms with E-state index in [0.29, 0.717) is 17.0 Å². The first-order valence-corrected chi connectivity index (χ1v) is 7.85. The van der Waals surface area contributed by atoms with Crippen LogP contribution in [0.25, 0.3) is 0 Å². The number of carbonyl (C=O) groups excluding carboxylic acids is 1. The maximum Gasteiger partial charge on any atom is 0.309 e. The van der Waals surface area contributed by atoms with Crippen molar-refractivity contribution >= 4 is 11.8 Å². The molecule has 0 amide bonds. The number of nitriles is 1. The first-order chi connectivity index (χ1) is 11.7. The summed E-state index contributed by atoms with van der Waals surface area (Å²) in [6.07, 6.45) is 3.01. The highest BCUT2D eigenvalue weighted by Gasteiger charge is 2.27. The molecule has 2 aromatic rings. The van der Waals surface area contributed by atoms with Gasteiger partial charge in [0.2, 0.25) is 0 Å². The van der Waals surface area contributed by atoms with Crippen molar-refractivity contribution in [2.24, 2.45) is 5.92 Å². The van der Waals surface area contributed by atoms with Gasteiger partial charge >= 0.3 is 5.97 Å². The van der Waals surface area contributed by atoms with Crippen LogP contribution in [0.1, 0.15) is 29.9 Å². The molecule has 0 bridgehead atoms. The van der Waals surface area contributed by atoms with Crippen molar-refractivity contribution in [3.8, 4) is 6.07 Å². The van der Waals surface area contributed by atoms with Gasteiger partial charge in [0.1, 0.15) is 29.9 Å². The number of ether oxygens (including phenoxy) is 1. The molecular formula is C17H18N4O3. The normalized spacial score (nSPS) is 15.1. The number of rotatable bonds is 4. The summed E-state index contributed by atoms with van der Waals surface area (Å²) in [4.78, 5) is 18.6. The van der Waals surface area contributed by atoms with Crippen LogP contribution in [0.15, 0.2) is 28.9 Å². The number of aromatic nitrogens is 2. The van der Waals surface area contributed by atoms with Crippen LogP contribution in [0, 0.1) is 24.2 Å². The lowest BCUT2D eigenvalue weighted by Crippen LogP contribution is -2.37. The Labute approximate surface area is 139 Å². The van der Waals surface area contributed by atoms with Crippen LogP contribution in [0.2, 0.25) is 0 Å². The fourth-order valence-electron chi connectivity index (χ4n) is 2.73. The Morgan fingerprint density at radius 2 is 2.25 bits per heavy atom. The molecule has 0 unspecified atom stereocenters. The fourth-order valence-corrected chi connectivity index (χ4v) is 2.73. The SMILES string of the molecule is Cc1cc(COC(=O)C2CCN(c3ccc(C#N)cn3)CC2)no1. The second kappa shape index (κ2) is 7.13. The van der Waals surface area contributed by atoms with E-state index in [1.54, 1.807) is 25.3 Å². The predicted molar refractivity (Wildman–Crippen MR) is 84.9 cm³/mol. The lowest BCUT2D eigenvalue weighted by atomic mass is 9.97. The molecule has 7 heteroatoms. The van der Waals surface area contributed by atoms with E-state index >= 15 is 0 Å². The zero-order valence-electron chi connectivity index (χ0n) is 13.4. The van der Waals surface area contributed by atoms with E-state index in [-0.39, 0.29) is 18.5 Å². The zero-order valence-corrected chi connectivity index (χ0v) is 13.4. The third kappa shape index (κ3) is 3.71. The van der Waals surface area contributed by atoms with Crippen molar-refractivity contribution in [3.63, 3.8) is 0 Å². The lowest BCUT2D eigenvalue weighted by Gasteiger charge is -2.31. The number of nitrogens with zero attached hydrogens (tertiary/aromatic N) is 4. The number of carbonyl (C=O) groups is 1. The molecule has 24 heavy (non-hydrogen) atoms. The number of pyridine rings is 1. The molecule has 1 aliphatic rings. The molecule has 0 saturated carbocycles. The minimum absolute atomic E-state index is 0.104. The third-order valence-electron chi connectivity index (χ3n) is 4.07. The Morgan fingerprint density at radius 1 is 1.46 bits per heavy atom. The van der Waals surface area contributed by atoms with Gasteiger partial charge in [-0.25, -0.2) is 4.98 Å². The lowest BCUT2D eigenvalue weighted by molar-refractivity contribution is -0.150. The van der Waals surface area contributed by atoms with E-state index in [9.17, 15) is 4.79 Å². The van der Waals surface area contributed by atoms with Crippen molar-refractivity contribution in [1.29, 1.82) is 5.26 Å². The van der Waals surface area contributed by atoms with Crippen LogP contribution >= 0.6 is 0 Å². The van der Waals surface area contributed by atoms with Crippen molar-refractivity contribution in [2.45, 2.75) is 26.4 Å². The Morgan fingerprint density at radius 3 is 2.83 bits per heavy atom. The zero-order chi connectivity index (χ0) is 16.9. The fraction of sp³-hybridized carbons (Fsp3) is 0.412. The quantitative estimate of drug-likeness (QED) is 0.795. The Hall–Kier alpha value is -2.88. The molecule has 2 aromatic heterocycles. The molecule has 1 fully saturated rings. The van der Waals surface area contributed by atoms with Crippen LogP contribution < -0.4 is 4.90 Å². The van der Waals surface area contributed by atoms with E-state index in [1.807, 2.05) is 6.07 Å². The summed E-state index contributed by atoms with van der Waals surface area (Å²) in [5.41, 5.74) is 1.17. The first-order valence-electron chi connectivity index (χ1n) is 7.85. The first kappa shape index (κ1) is 16.0. The van der Waals surface area contributed by atoms with E-state index in [0.717, 1.165) is 31.7 Å². The Bertz CT molecular complexity index is 740. The van der Waals surface area contributed by atoms with Gasteiger partial charge in [-0.3, -0.25) is 4.79 Å². The molecule has 124 valence electrons. The van der Waals surface area contributed by atoms with Gasteiger partial charge in [-0.05, 0) is 31.9 Å². The Kier molecular flexibility index (Phi) is 4.75. The molecule has 3 heterocycles. The number of esters is 1. The predicted octanol–water partition coefficient (Wildman–Crippen LogP) is 2.21. The van der Waals surface area contributed by atoms with Crippen molar-refractivity contribution in [1.82, 2.24) is 10.1 Å². The molecule has 0 aromatic carbocycles. The van der Waals surface area contributed by atoms with Crippen molar-refractivity contribution in [2.75, 3.05) is 18.0 Å². The summed E-state index contributed by atoms with van der Waals surface area (Å²) in [5, 5.41) is 12.6. The molecule has 0 radical (unpaired) electrons. The van der Waals surface area contributed by atoms with E-state index in [4.69, 9.17) is 14.5 Å². The number of anilines is 1. The number of piperidine rings is 1. The second-order valence-corrected chi connectivity index (χ2v) is 5.81. The molecular weight excluding hydrogens is 308 g/mol. The van der Waals surface area contributed by atoms with Gasteiger partial charge in [0.05, 0.1) is 11.5 Å². The van der Waals surface area contributed by atoms with Crippen molar-refractivity contribution < 1.29 is 14.1 Å². The van der Waals surface area contributed by atoms with E-state index in [2.05, 4.69) is 21.1 Å². The number of hydrogen-bond donors (Lipinski definition) is 0. The van der Waals surface area contributed by atoms with Gasteiger partial charge in [0.25, 0.3) is 0 Å². The van der Waals surface area contributed by atoms with Crippen LogP contribution in [-0.2, 0) is 16.1 Å². The van der Waals surface area contributed by atoms with Gasteiger partial charge in [-0.1, -0.05) is 5.16 Å². The summed E-state index contributed by atoms with van der Waals surface area (Å²) in [7, 11) is 0. The maximum atomic E-state index is 12.2. The largest absolute Gasteiger partial charge is 0.459 e. The number of aryl methyl sites for hydroxylation is 1. The molecule has 0 atom stereocenters. The molecule has 1 saturated heterocycles. The molecule has 3 rings (SSSR count). The minimum Gasteiger partial charge on any atom is -0.459 e. The second-order valence-electron chi connectivity index (χ2n) is 5.81. The summed E-state index contributed by atoms with van der Waals surface area (Å²) >= 11 is 0. The average Bonchev–Trinajstić information content (AvgIpc) is 3.05. The third-order valence-corrected chi connectivity index (χ3v) is 4.07. The summed E-state index contributed by atoms with van der Waals surface area (Å²) < 4.78 is 10.3. The van der Waals surface area contributed by atoms with Crippen LogP contribution in [-0.4, -0.2) is 29.2 Å². The average molecular weight is 326 g/mol. The molecule has 0 N–H and O–H groups in total. The number of hydrogen-bond acceptors (Lipinski definition) is 7. The molecule has 1 aliphatic heterocycles. The highest BCUT2D eigenvalue weighted by Crippen LogP contribution is 2.23. The van der Waals surface area contributed by atoms with Gasteiger partial charge in [0, 0.05) is 25.4 Å². The molecule has 0 aliphatic carbocycles. The van der Waals surface area contributed by atoms with E-state index in [1.165, 1.54) is 0 Å². The molecule has 7 nitrogen and oxygen atoms in total. The minimum atomic E-state index is -0.192.